The molecule has 6 nitrogen and oxygen atoms in total. The second kappa shape index (κ2) is 40.3. The molecule has 0 aliphatic carbocycles. The van der Waals surface area contributed by atoms with Crippen molar-refractivity contribution < 1.29 is 36.3 Å². The molecule has 0 aromatic heterocycles. The summed E-state index contributed by atoms with van der Waals surface area (Å²) in [4.78, 5) is 24.4. The molecule has 0 aliphatic rings. The van der Waals surface area contributed by atoms with Gasteiger partial charge in [-0.25, -0.2) is 0 Å². The van der Waals surface area contributed by atoms with Gasteiger partial charge in [-0.1, -0.05) is 194 Å². The van der Waals surface area contributed by atoms with Crippen molar-refractivity contribution in [3.05, 3.63) is 0 Å². The molecule has 0 aromatic rings. The summed E-state index contributed by atoms with van der Waals surface area (Å²) in [5, 5.41) is 13.6. The standard InChI is InChI=1S/C44H88N2O4.ClH/c1-5-7-9-11-13-15-17-19-21-23-25-27-29-31-33-36-43(48)45-38-35-39-46(3,4)40-42(47)41-50-44(49)37-34-32-30-28-26-24-22-20-18-16-14-12-10-8-6-2;/h42,47H,5-41H2,1-4H3;1H. The summed E-state index contributed by atoms with van der Waals surface area (Å²) in [6, 6.07) is 0. The zero-order valence-electron chi connectivity index (χ0n) is 34.7. The van der Waals surface area contributed by atoms with E-state index >= 15 is 0 Å². The summed E-state index contributed by atoms with van der Waals surface area (Å²) in [5.74, 6) is -0.0353. The molecule has 0 aliphatic heterocycles. The number of esters is 1. The van der Waals surface area contributed by atoms with Crippen LogP contribution >= 0.6 is 0 Å². The zero-order valence-corrected chi connectivity index (χ0v) is 35.5. The van der Waals surface area contributed by atoms with Crippen molar-refractivity contribution in [1.29, 1.82) is 0 Å². The van der Waals surface area contributed by atoms with Crippen LogP contribution in [0, 0.1) is 0 Å². The summed E-state index contributed by atoms with van der Waals surface area (Å²) in [6.45, 7) is 6.67. The average molecular weight is 746 g/mol. The van der Waals surface area contributed by atoms with Crippen molar-refractivity contribution in [2.75, 3.05) is 40.3 Å². The van der Waals surface area contributed by atoms with Gasteiger partial charge in [0.25, 0.3) is 0 Å². The first kappa shape index (κ1) is 52.3. The fourth-order valence-corrected chi connectivity index (χ4v) is 7.10. The number of rotatable bonds is 40. The minimum atomic E-state index is -0.672. The van der Waals surface area contributed by atoms with Gasteiger partial charge in [0, 0.05) is 25.8 Å². The smallest absolute Gasteiger partial charge is 0.305 e. The van der Waals surface area contributed by atoms with Gasteiger partial charge in [0.15, 0.2) is 0 Å². The van der Waals surface area contributed by atoms with Gasteiger partial charge < -0.3 is 32.1 Å². The second-order valence-electron chi connectivity index (χ2n) is 16.3. The van der Waals surface area contributed by atoms with Crippen molar-refractivity contribution in [3.63, 3.8) is 0 Å². The first-order valence-electron chi connectivity index (χ1n) is 22.2. The van der Waals surface area contributed by atoms with Crippen molar-refractivity contribution in [1.82, 2.24) is 5.32 Å². The predicted octanol–water partition coefficient (Wildman–Crippen LogP) is 9.00. The van der Waals surface area contributed by atoms with Crippen LogP contribution < -0.4 is 17.7 Å². The Morgan fingerprint density at radius 2 is 0.863 bits per heavy atom. The number of amides is 1. The van der Waals surface area contributed by atoms with E-state index in [0.717, 1.165) is 38.6 Å². The number of aliphatic hydroxyl groups excluding tert-OH is 1. The highest BCUT2D eigenvalue weighted by Gasteiger charge is 2.21. The van der Waals surface area contributed by atoms with Gasteiger partial charge in [0.05, 0.1) is 20.6 Å². The highest BCUT2D eigenvalue weighted by Crippen LogP contribution is 2.15. The average Bonchev–Trinajstić information content (AvgIpc) is 3.09. The molecule has 0 bridgehead atoms. The first-order chi connectivity index (χ1) is 24.3. The maximum Gasteiger partial charge on any atom is 0.305 e. The van der Waals surface area contributed by atoms with Gasteiger partial charge in [-0.2, -0.15) is 0 Å². The minimum absolute atomic E-state index is 0. The van der Waals surface area contributed by atoms with E-state index in [1.54, 1.807) is 0 Å². The normalized spacial score (nSPS) is 12.1. The van der Waals surface area contributed by atoms with Gasteiger partial charge in [-0.15, -0.1) is 0 Å². The van der Waals surface area contributed by atoms with E-state index in [4.69, 9.17) is 4.74 Å². The molecule has 0 saturated carbocycles. The molecule has 1 amide bonds. The fourth-order valence-electron chi connectivity index (χ4n) is 7.10. The van der Waals surface area contributed by atoms with E-state index in [1.807, 2.05) is 0 Å². The molecule has 0 spiro atoms. The molecule has 51 heavy (non-hydrogen) atoms. The molecular weight excluding hydrogens is 656 g/mol. The van der Waals surface area contributed by atoms with E-state index < -0.39 is 6.10 Å². The third-order valence-corrected chi connectivity index (χ3v) is 10.4. The molecule has 306 valence electrons. The number of ether oxygens (including phenoxy) is 1. The fraction of sp³-hybridized carbons (Fsp3) is 0.955. The number of nitrogens with zero attached hydrogens (tertiary/aromatic N) is 1. The Hall–Kier alpha value is -0.850. The van der Waals surface area contributed by atoms with E-state index in [2.05, 4.69) is 33.3 Å². The van der Waals surface area contributed by atoms with Crippen molar-refractivity contribution in [2.45, 2.75) is 232 Å². The van der Waals surface area contributed by atoms with Crippen molar-refractivity contribution in [2.24, 2.45) is 0 Å². The van der Waals surface area contributed by atoms with Gasteiger partial charge >= 0.3 is 5.97 Å². The first-order valence-corrected chi connectivity index (χ1v) is 22.2. The molecule has 0 heterocycles. The number of aliphatic hydroxyl groups is 1. The van der Waals surface area contributed by atoms with Crippen LogP contribution in [0.4, 0.5) is 0 Å². The second-order valence-corrected chi connectivity index (χ2v) is 16.3. The predicted molar refractivity (Wildman–Crippen MR) is 216 cm³/mol. The van der Waals surface area contributed by atoms with Crippen LogP contribution in [0.2, 0.25) is 0 Å². The summed E-state index contributed by atoms with van der Waals surface area (Å²) in [5.41, 5.74) is 0. The van der Waals surface area contributed by atoms with Crippen molar-refractivity contribution in [3.8, 4) is 0 Å². The Labute approximate surface area is 324 Å². The van der Waals surface area contributed by atoms with Crippen molar-refractivity contribution >= 4 is 11.9 Å². The van der Waals surface area contributed by atoms with Crippen LogP contribution in [0.15, 0.2) is 0 Å². The minimum Gasteiger partial charge on any atom is -1.00 e. The lowest BCUT2D eigenvalue weighted by Crippen LogP contribution is -3.00. The maximum atomic E-state index is 12.2. The molecular formula is C44H89ClN2O4. The lowest BCUT2D eigenvalue weighted by atomic mass is 10.0. The SMILES string of the molecule is CCCCCCCCCCCCCCCCCC(=O)NCCC[N+](C)(C)CC(O)COC(=O)CCCCCCCCCCCCCCCCC.[Cl-]. The highest BCUT2D eigenvalue weighted by atomic mass is 35.5. The molecule has 0 aromatic carbocycles. The largest absolute Gasteiger partial charge is 1.00 e. The highest BCUT2D eigenvalue weighted by molar-refractivity contribution is 5.75. The van der Waals surface area contributed by atoms with E-state index in [1.165, 1.54) is 167 Å². The number of quaternary nitrogens is 1. The lowest BCUT2D eigenvalue weighted by Gasteiger charge is -2.31. The van der Waals surface area contributed by atoms with Gasteiger partial charge in [0.2, 0.25) is 5.91 Å². The Balaban J connectivity index is 0. The molecule has 1 atom stereocenters. The number of carbonyl (C=O) groups is 2. The summed E-state index contributed by atoms with van der Waals surface area (Å²) >= 11 is 0. The third kappa shape index (κ3) is 41.8. The van der Waals surface area contributed by atoms with E-state index in [0.29, 0.717) is 30.4 Å². The number of hydrogen-bond donors (Lipinski definition) is 2. The molecule has 2 N–H and O–H groups in total. The van der Waals surface area contributed by atoms with Crippen LogP contribution in [0.3, 0.4) is 0 Å². The maximum absolute atomic E-state index is 12.2. The third-order valence-electron chi connectivity index (χ3n) is 10.4. The quantitative estimate of drug-likeness (QED) is 0.0373. The Morgan fingerprint density at radius 3 is 1.24 bits per heavy atom. The lowest BCUT2D eigenvalue weighted by molar-refractivity contribution is -0.893. The van der Waals surface area contributed by atoms with Gasteiger partial charge in [0.1, 0.15) is 19.3 Å². The summed E-state index contributed by atoms with van der Waals surface area (Å²) in [6.07, 6.45) is 40.9. The monoisotopic (exact) mass is 745 g/mol. The molecule has 0 rings (SSSR count). The summed E-state index contributed by atoms with van der Waals surface area (Å²) < 4.78 is 6.01. The van der Waals surface area contributed by atoms with E-state index in [9.17, 15) is 14.7 Å². The van der Waals surface area contributed by atoms with Gasteiger partial charge in [-0.3, -0.25) is 9.59 Å². The van der Waals surface area contributed by atoms with E-state index in [-0.39, 0.29) is 30.9 Å². The number of likely N-dealkylation sites (N-methyl/N-ethyl adjacent to an activating group) is 1. The number of nitrogens with one attached hydrogen (secondary N) is 1. The number of carbonyl (C=O) groups excluding carboxylic acids is 2. The van der Waals surface area contributed by atoms with Crippen LogP contribution in [-0.4, -0.2) is 67.9 Å². The molecule has 0 fully saturated rings. The van der Waals surface area contributed by atoms with Crippen LogP contribution in [0.25, 0.3) is 0 Å². The van der Waals surface area contributed by atoms with Crippen LogP contribution in [0.1, 0.15) is 226 Å². The number of unbranched alkanes of at least 4 members (excludes halogenated alkanes) is 28. The zero-order chi connectivity index (χ0) is 36.8. The van der Waals surface area contributed by atoms with Gasteiger partial charge in [-0.05, 0) is 12.8 Å². The topological polar surface area (TPSA) is 75.6 Å². The molecule has 0 saturated heterocycles. The molecule has 7 heteroatoms. The molecule has 1 unspecified atom stereocenters. The molecule has 0 radical (unpaired) electrons. The summed E-state index contributed by atoms with van der Waals surface area (Å²) in [7, 11) is 4.16. The Bertz CT molecular complexity index is 736. The number of halogens is 1. The number of hydrogen-bond acceptors (Lipinski definition) is 4. The Kier molecular flexibility index (Phi) is 41.3. The van der Waals surface area contributed by atoms with Crippen LogP contribution in [0.5, 0.6) is 0 Å². The Morgan fingerprint density at radius 1 is 0.529 bits per heavy atom. The van der Waals surface area contributed by atoms with Crippen LogP contribution in [-0.2, 0) is 14.3 Å².